The fourth-order valence-corrected chi connectivity index (χ4v) is 2.02. The highest BCUT2D eigenvalue weighted by Crippen LogP contribution is 2.26. The molecule has 0 aliphatic rings. The average Bonchev–Trinajstić information content (AvgIpc) is 2.91. The molecule has 0 aliphatic carbocycles. The molecule has 1 aromatic carbocycles. The van der Waals surface area contributed by atoms with Gasteiger partial charge in [0, 0.05) is 18.8 Å². The van der Waals surface area contributed by atoms with E-state index in [0.717, 1.165) is 6.07 Å². The first-order chi connectivity index (χ1) is 11.1. The van der Waals surface area contributed by atoms with Crippen molar-refractivity contribution in [1.82, 2.24) is 15.1 Å². The number of halogens is 3. The van der Waals surface area contributed by atoms with Crippen molar-refractivity contribution in [3.8, 4) is 5.75 Å². The Balaban J connectivity index is 2.10. The van der Waals surface area contributed by atoms with Crippen molar-refractivity contribution in [2.75, 3.05) is 6.54 Å². The Hall–Kier alpha value is -2.55. The maximum absolute atomic E-state index is 12.4. The molecule has 0 saturated carbocycles. The fourth-order valence-electron chi connectivity index (χ4n) is 2.02. The fraction of sp³-hybridized carbons (Fsp3) is 0.333. The second-order valence-electron chi connectivity index (χ2n) is 5.40. The number of aromatic nitrogens is 2. The Labute approximate surface area is 135 Å². The minimum absolute atomic E-state index is 0.210. The molecule has 0 radical (unpaired) electrons. The van der Waals surface area contributed by atoms with Gasteiger partial charge in [-0.2, -0.15) is 5.10 Å². The van der Waals surface area contributed by atoms with Crippen LogP contribution in [0.1, 0.15) is 22.8 Å². The Morgan fingerprint density at radius 3 is 2.62 bits per heavy atom. The van der Waals surface area contributed by atoms with Crippen LogP contribution in [0.15, 0.2) is 36.7 Å². The van der Waals surface area contributed by atoms with Gasteiger partial charge in [-0.1, -0.05) is 12.1 Å². The third kappa shape index (κ3) is 4.48. The summed E-state index contributed by atoms with van der Waals surface area (Å²) in [6.07, 6.45) is -1.89. The van der Waals surface area contributed by atoms with E-state index in [1.54, 1.807) is 13.2 Å². The Bertz CT molecular complexity index is 726. The van der Waals surface area contributed by atoms with Crippen molar-refractivity contribution < 1.29 is 27.8 Å². The maximum atomic E-state index is 12.4. The molecule has 1 heterocycles. The van der Waals surface area contributed by atoms with Crippen LogP contribution in [0.25, 0.3) is 0 Å². The first kappa shape index (κ1) is 17.8. The lowest BCUT2D eigenvalue weighted by Crippen LogP contribution is -2.38. The summed E-state index contributed by atoms with van der Waals surface area (Å²) >= 11 is 0. The van der Waals surface area contributed by atoms with Crippen LogP contribution in [0.4, 0.5) is 13.2 Å². The quantitative estimate of drug-likeness (QED) is 0.870. The SMILES string of the molecule is Cn1cc(C(C)(O)CNC(=O)c2ccccc2OC(F)(F)F)cn1. The molecule has 0 saturated heterocycles. The Morgan fingerprint density at radius 1 is 1.38 bits per heavy atom. The monoisotopic (exact) mass is 343 g/mol. The molecule has 130 valence electrons. The van der Waals surface area contributed by atoms with Gasteiger partial charge in [-0.05, 0) is 19.1 Å². The van der Waals surface area contributed by atoms with E-state index in [1.165, 1.54) is 36.0 Å². The van der Waals surface area contributed by atoms with Gasteiger partial charge in [0.1, 0.15) is 11.4 Å². The molecule has 0 fully saturated rings. The van der Waals surface area contributed by atoms with E-state index >= 15 is 0 Å². The topological polar surface area (TPSA) is 76.4 Å². The number of amides is 1. The van der Waals surface area contributed by atoms with Crippen molar-refractivity contribution in [1.29, 1.82) is 0 Å². The maximum Gasteiger partial charge on any atom is 0.573 e. The van der Waals surface area contributed by atoms with Crippen LogP contribution in [-0.4, -0.2) is 33.7 Å². The molecule has 2 rings (SSSR count). The predicted octanol–water partition coefficient (Wildman–Crippen LogP) is 1.96. The average molecular weight is 343 g/mol. The van der Waals surface area contributed by atoms with Gasteiger partial charge in [0.25, 0.3) is 5.91 Å². The summed E-state index contributed by atoms with van der Waals surface area (Å²) in [5.41, 5.74) is -1.24. The second-order valence-corrected chi connectivity index (χ2v) is 5.40. The second kappa shape index (κ2) is 6.52. The smallest absolute Gasteiger partial charge is 0.405 e. The molecule has 1 unspecified atom stereocenters. The molecule has 24 heavy (non-hydrogen) atoms. The minimum Gasteiger partial charge on any atom is -0.405 e. The number of alkyl halides is 3. The summed E-state index contributed by atoms with van der Waals surface area (Å²) in [5, 5.41) is 16.7. The lowest BCUT2D eigenvalue weighted by atomic mass is 9.99. The van der Waals surface area contributed by atoms with Gasteiger partial charge >= 0.3 is 6.36 Å². The first-order valence-electron chi connectivity index (χ1n) is 6.93. The van der Waals surface area contributed by atoms with Gasteiger partial charge < -0.3 is 15.2 Å². The van der Waals surface area contributed by atoms with E-state index in [0.29, 0.717) is 5.56 Å². The molecular weight excluding hydrogens is 327 g/mol. The number of rotatable bonds is 5. The number of aryl methyl sites for hydroxylation is 1. The van der Waals surface area contributed by atoms with E-state index in [4.69, 9.17) is 0 Å². The number of carbonyl (C=O) groups excluding carboxylic acids is 1. The Morgan fingerprint density at radius 2 is 2.04 bits per heavy atom. The number of nitrogens with one attached hydrogen (secondary N) is 1. The van der Waals surface area contributed by atoms with Crippen LogP contribution in [0.3, 0.4) is 0 Å². The molecule has 6 nitrogen and oxygen atoms in total. The molecule has 0 spiro atoms. The molecule has 2 N–H and O–H groups in total. The number of ether oxygens (including phenoxy) is 1. The molecular formula is C15H16F3N3O3. The summed E-state index contributed by atoms with van der Waals surface area (Å²) < 4.78 is 42.5. The highest BCUT2D eigenvalue weighted by Gasteiger charge is 2.33. The highest BCUT2D eigenvalue weighted by atomic mass is 19.4. The third-order valence-corrected chi connectivity index (χ3v) is 3.28. The number of hydrogen-bond donors (Lipinski definition) is 2. The van der Waals surface area contributed by atoms with Crippen LogP contribution in [-0.2, 0) is 12.6 Å². The summed E-state index contributed by atoms with van der Waals surface area (Å²) in [4.78, 5) is 12.1. The van der Waals surface area contributed by atoms with Crippen molar-refractivity contribution >= 4 is 5.91 Å². The number of aliphatic hydroxyl groups is 1. The third-order valence-electron chi connectivity index (χ3n) is 3.28. The standard InChI is InChI=1S/C15H16F3N3O3/c1-14(23,10-7-20-21(2)8-10)9-19-13(22)11-5-3-4-6-12(11)24-15(16,17)18/h3-8,23H,9H2,1-2H3,(H,19,22). The van der Waals surface area contributed by atoms with Gasteiger partial charge in [-0.15, -0.1) is 13.2 Å². The number of hydrogen-bond acceptors (Lipinski definition) is 4. The number of nitrogens with zero attached hydrogens (tertiary/aromatic N) is 2. The van der Waals surface area contributed by atoms with Crippen LogP contribution in [0, 0.1) is 0 Å². The minimum atomic E-state index is -4.91. The van der Waals surface area contributed by atoms with Crippen molar-refractivity contribution in [3.63, 3.8) is 0 Å². The van der Waals surface area contributed by atoms with E-state index in [-0.39, 0.29) is 12.1 Å². The van der Waals surface area contributed by atoms with Crippen LogP contribution in [0.2, 0.25) is 0 Å². The zero-order valence-corrected chi connectivity index (χ0v) is 13.0. The predicted molar refractivity (Wildman–Crippen MR) is 78.2 cm³/mol. The molecule has 1 atom stereocenters. The van der Waals surface area contributed by atoms with Crippen LogP contribution >= 0.6 is 0 Å². The lowest BCUT2D eigenvalue weighted by molar-refractivity contribution is -0.274. The van der Waals surface area contributed by atoms with Crippen molar-refractivity contribution in [2.45, 2.75) is 18.9 Å². The molecule has 9 heteroatoms. The van der Waals surface area contributed by atoms with Gasteiger partial charge in [0.15, 0.2) is 0 Å². The van der Waals surface area contributed by atoms with Gasteiger partial charge in [-0.25, -0.2) is 0 Å². The zero-order valence-electron chi connectivity index (χ0n) is 13.0. The van der Waals surface area contributed by atoms with E-state index in [9.17, 15) is 23.1 Å². The summed E-state index contributed by atoms with van der Waals surface area (Å²) in [7, 11) is 1.67. The molecule has 0 bridgehead atoms. The first-order valence-corrected chi connectivity index (χ1v) is 6.93. The number of benzene rings is 1. The zero-order chi connectivity index (χ0) is 18.0. The molecule has 1 aromatic heterocycles. The van der Waals surface area contributed by atoms with Gasteiger partial charge in [-0.3, -0.25) is 9.48 Å². The van der Waals surface area contributed by atoms with Crippen molar-refractivity contribution in [3.05, 3.63) is 47.8 Å². The molecule has 2 aromatic rings. The van der Waals surface area contributed by atoms with E-state index in [2.05, 4.69) is 15.2 Å². The summed E-state index contributed by atoms with van der Waals surface area (Å²) in [6, 6.07) is 4.98. The molecule has 1 amide bonds. The van der Waals surface area contributed by atoms with Crippen LogP contribution in [0.5, 0.6) is 5.75 Å². The summed E-state index contributed by atoms with van der Waals surface area (Å²) in [6.45, 7) is 1.25. The number of carbonyl (C=O) groups is 1. The van der Waals surface area contributed by atoms with E-state index < -0.39 is 23.6 Å². The van der Waals surface area contributed by atoms with Crippen LogP contribution < -0.4 is 10.1 Å². The van der Waals surface area contributed by atoms with Gasteiger partial charge in [0.2, 0.25) is 0 Å². The van der Waals surface area contributed by atoms with Gasteiger partial charge in [0.05, 0.1) is 18.3 Å². The Kier molecular flexibility index (Phi) is 4.83. The normalized spacial score (nSPS) is 14.1. The summed E-state index contributed by atoms with van der Waals surface area (Å²) in [5.74, 6) is -1.40. The van der Waals surface area contributed by atoms with E-state index in [1.807, 2.05) is 0 Å². The highest BCUT2D eigenvalue weighted by molar-refractivity contribution is 5.96. The number of para-hydroxylation sites is 1. The molecule has 0 aliphatic heterocycles. The van der Waals surface area contributed by atoms with Crippen molar-refractivity contribution in [2.24, 2.45) is 7.05 Å². The lowest BCUT2D eigenvalue weighted by Gasteiger charge is -2.22. The largest absolute Gasteiger partial charge is 0.573 e.